The molecular weight excluding hydrogens is 471 g/mol. The number of piperazine rings is 1. The van der Waals surface area contributed by atoms with E-state index < -0.39 is 13.0 Å². The van der Waals surface area contributed by atoms with E-state index in [1.807, 2.05) is 26.8 Å². The molecule has 204 valence electrons. The van der Waals surface area contributed by atoms with Crippen LogP contribution in [-0.4, -0.2) is 72.0 Å². The molecule has 1 saturated heterocycles. The van der Waals surface area contributed by atoms with Gasteiger partial charge in [0.1, 0.15) is 11.6 Å². The third-order valence-corrected chi connectivity index (χ3v) is 7.23. The SMILES string of the molecule is CC(=O)NC1CCC(CCN2CCN(c3cc(CCOC(F)(F)F)nc(C(C)(C)C)n3)CC2C)CC1. The monoisotopic (exact) mass is 513 g/mol. The van der Waals surface area contributed by atoms with Gasteiger partial charge < -0.3 is 10.2 Å². The van der Waals surface area contributed by atoms with E-state index in [0.717, 1.165) is 57.7 Å². The van der Waals surface area contributed by atoms with Crippen LogP contribution in [0.4, 0.5) is 19.0 Å². The molecule has 1 N–H and O–H groups in total. The lowest BCUT2D eigenvalue weighted by Gasteiger charge is -2.41. The van der Waals surface area contributed by atoms with Crippen molar-refractivity contribution in [3.8, 4) is 0 Å². The van der Waals surface area contributed by atoms with Crippen molar-refractivity contribution in [1.82, 2.24) is 20.2 Å². The molecule has 7 nitrogen and oxygen atoms in total. The molecular formula is C26H42F3N5O2. The molecule has 2 aliphatic rings. The summed E-state index contributed by atoms with van der Waals surface area (Å²) in [4.78, 5) is 25.4. The number of amides is 1. The zero-order chi connectivity index (χ0) is 26.5. The molecule has 1 amide bonds. The minimum absolute atomic E-state index is 0.0604. The highest BCUT2D eigenvalue weighted by molar-refractivity contribution is 5.73. The predicted molar refractivity (Wildman–Crippen MR) is 134 cm³/mol. The lowest BCUT2D eigenvalue weighted by molar-refractivity contribution is -0.324. The minimum atomic E-state index is -4.64. The van der Waals surface area contributed by atoms with Gasteiger partial charge in [0.2, 0.25) is 5.91 Å². The molecule has 2 heterocycles. The Kier molecular flexibility index (Phi) is 9.60. The molecule has 1 unspecified atom stereocenters. The van der Waals surface area contributed by atoms with Gasteiger partial charge in [-0.05, 0) is 51.5 Å². The first-order valence-corrected chi connectivity index (χ1v) is 13.2. The van der Waals surface area contributed by atoms with E-state index in [2.05, 4.69) is 31.8 Å². The maximum atomic E-state index is 12.4. The van der Waals surface area contributed by atoms with Gasteiger partial charge in [-0.15, -0.1) is 13.2 Å². The van der Waals surface area contributed by atoms with Crippen molar-refractivity contribution in [3.05, 3.63) is 17.6 Å². The Hall–Kier alpha value is -1.94. The van der Waals surface area contributed by atoms with Gasteiger partial charge in [-0.3, -0.25) is 14.4 Å². The summed E-state index contributed by atoms with van der Waals surface area (Å²) in [6, 6.07) is 2.49. The fraction of sp³-hybridized carbons (Fsp3) is 0.808. The highest BCUT2D eigenvalue weighted by Gasteiger charge is 2.30. The molecule has 1 saturated carbocycles. The van der Waals surface area contributed by atoms with Crippen LogP contribution in [0.1, 0.15) is 78.2 Å². The van der Waals surface area contributed by atoms with Gasteiger partial charge in [-0.25, -0.2) is 9.97 Å². The normalized spacial score (nSPS) is 24.1. The molecule has 0 bridgehead atoms. The first-order valence-electron chi connectivity index (χ1n) is 13.2. The van der Waals surface area contributed by atoms with Gasteiger partial charge in [0.15, 0.2) is 0 Å². The topological polar surface area (TPSA) is 70.6 Å². The van der Waals surface area contributed by atoms with Crippen LogP contribution < -0.4 is 10.2 Å². The van der Waals surface area contributed by atoms with Crippen LogP contribution in [0.5, 0.6) is 0 Å². The van der Waals surface area contributed by atoms with E-state index in [1.165, 1.54) is 6.42 Å². The average molecular weight is 514 g/mol. The average Bonchev–Trinajstić information content (AvgIpc) is 2.77. The molecule has 1 atom stereocenters. The van der Waals surface area contributed by atoms with Gasteiger partial charge in [-0.1, -0.05) is 20.8 Å². The van der Waals surface area contributed by atoms with E-state index >= 15 is 0 Å². The first kappa shape index (κ1) is 28.6. The predicted octanol–water partition coefficient (Wildman–Crippen LogP) is 4.45. The number of nitrogens with one attached hydrogen (secondary N) is 1. The van der Waals surface area contributed by atoms with Crippen LogP contribution in [0, 0.1) is 5.92 Å². The van der Waals surface area contributed by atoms with E-state index in [-0.39, 0.29) is 17.7 Å². The third kappa shape index (κ3) is 8.87. The summed E-state index contributed by atoms with van der Waals surface area (Å²) in [5, 5.41) is 3.05. The van der Waals surface area contributed by atoms with Crippen molar-refractivity contribution in [3.63, 3.8) is 0 Å². The number of aromatic nitrogens is 2. The smallest absolute Gasteiger partial charge is 0.354 e. The van der Waals surface area contributed by atoms with Crippen molar-refractivity contribution < 1.29 is 22.7 Å². The van der Waals surface area contributed by atoms with Gasteiger partial charge in [-0.2, -0.15) is 0 Å². The largest absolute Gasteiger partial charge is 0.522 e. The van der Waals surface area contributed by atoms with E-state index in [0.29, 0.717) is 29.5 Å². The number of alkyl halides is 3. The molecule has 36 heavy (non-hydrogen) atoms. The number of hydrogen-bond donors (Lipinski definition) is 1. The maximum Gasteiger partial charge on any atom is 0.522 e. The van der Waals surface area contributed by atoms with E-state index in [1.54, 1.807) is 6.92 Å². The molecule has 1 aliphatic heterocycles. The molecule has 0 aromatic carbocycles. The van der Waals surface area contributed by atoms with E-state index in [4.69, 9.17) is 4.98 Å². The van der Waals surface area contributed by atoms with Crippen LogP contribution >= 0.6 is 0 Å². The lowest BCUT2D eigenvalue weighted by Crippen LogP contribution is -2.52. The highest BCUT2D eigenvalue weighted by atomic mass is 19.4. The number of carbonyl (C=O) groups is 1. The van der Waals surface area contributed by atoms with Crippen LogP contribution in [0.25, 0.3) is 0 Å². The minimum Gasteiger partial charge on any atom is -0.354 e. The Balaban J connectivity index is 1.56. The number of nitrogens with zero attached hydrogens (tertiary/aromatic N) is 4. The number of rotatable bonds is 8. The quantitative estimate of drug-likeness (QED) is 0.554. The van der Waals surface area contributed by atoms with Crippen LogP contribution in [0.3, 0.4) is 0 Å². The molecule has 1 aliphatic carbocycles. The van der Waals surface area contributed by atoms with Gasteiger partial charge >= 0.3 is 6.36 Å². The Labute approximate surface area is 213 Å². The molecule has 1 aromatic heterocycles. The number of carbonyl (C=O) groups excluding carboxylic acids is 1. The summed E-state index contributed by atoms with van der Waals surface area (Å²) in [7, 11) is 0. The Morgan fingerprint density at radius 3 is 2.42 bits per heavy atom. The van der Waals surface area contributed by atoms with E-state index in [9.17, 15) is 18.0 Å². The standard InChI is InChI=1S/C26H42F3N5O2/c1-18-17-34(14-13-33(18)12-10-20-6-8-21(9-7-20)30-19(2)35)23-16-22(11-15-36-26(27,28)29)31-24(32-23)25(3,4)5/h16,18,20-21H,6-15,17H2,1-5H3,(H,30,35). The van der Waals surface area contributed by atoms with Crippen molar-refractivity contribution in [2.24, 2.45) is 5.92 Å². The number of halogens is 3. The van der Waals surface area contributed by atoms with Crippen molar-refractivity contribution in [2.45, 2.75) is 97.0 Å². The summed E-state index contributed by atoms with van der Waals surface area (Å²) >= 11 is 0. The molecule has 3 rings (SSSR count). The fourth-order valence-electron chi connectivity index (χ4n) is 5.15. The van der Waals surface area contributed by atoms with Crippen LogP contribution in [0.15, 0.2) is 6.07 Å². The first-order chi connectivity index (χ1) is 16.8. The summed E-state index contributed by atoms with van der Waals surface area (Å²) in [5.74, 6) is 2.18. The second-order valence-electron chi connectivity index (χ2n) is 11.4. The molecule has 0 spiro atoms. The second-order valence-corrected chi connectivity index (χ2v) is 11.4. The Bertz CT molecular complexity index is 866. The number of ether oxygens (including phenoxy) is 1. The van der Waals surface area contributed by atoms with Gasteiger partial charge in [0, 0.05) is 62.2 Å². The van der Waals surface area contributed by atoms with Crippen LogP contribution in [0.2, 0.25) is 0 Å². The molecule has 0 radical (unpaired) electrons. The maximum absolute atomic E-state index is 12.4. The fourth-order valence-corrected chi connectivity index (χ4v) is 5.15. The summed E-state index contributed by atoms with van der Waals surface area (Å²) in [5.41, 5.74) is 0.251. The summed E-state index contributed by atoms with van der Waals surface area (Å²) in [6.45, 7) is 13.0. The lowest BCUT2D eigenvalue weighted by atomic mass is 9.84. The Morgan fingerprint density at radius 2 is 1.83 bits per heavy atom. The summed E-state index contributed by atoms with van der Waals surface area (Å²) < 4.78 is 41.3. The van der Waals surface area contributed by atoms with Crippen molar-refractivity contribution in [1.29, 1.82) is 0 Å². The van der Waals surface area contributed by atoms with Gasteiger partial charge in [0.25, 0.3) is 0 Å². The van der Waals surface area contributed by atoms with Crippen molar-refractivity contribution in [2.75, 3.05) is 37.7 Å². The molecule has 10 heteroatoms. The zero-order valence-electron chi connectivity index (χ0n) is 22.3. The van der Waals surface area contributed by atoms with Gasteiger partial charge in [0.05, 0.1) is 6.61 Å². The molecule has 2 fully saturated rings. The van der Waals surface area contributed by atoms with Crippen LogP contribution in [-0.2, 0) is 21.4 Å². The third-order valence-electron chi connectivity index (χ3n) is 7.23. The molecule has 1 aromatic rings. The summed E-state index contributed by atoms with van der Waals surface area (Å²) in [6.07, 6.45) is 1.06. The Morgan fingerprint density at radius 1 is 1.14 bits per heavy atom. The van der Waals surface area contributed by atoms with Crippen molar-refractivity contribution >= 4 is 11.7 Å². The zero-order valence-corrected chi connectivity index (χ0v) is 22.3. The number of anilines is 1. The second kappa shape index (κ2) is 12.1. The number of hydrogen-bond acceptors (Lipinski definition) is 6. The highest BCUT2D eigenvalue weighted by Crippen LogP contribution is 2.29.